The summed E-state index contributed by atoms with van der Waals surface area (Å²) in [5.74, 6) is -0.588. The first kappa shape index (κ1) is 11.9. The van der Waals surface area contributed by atoms with Crippen LogP contribution in [0.15, 0.2) is 30.4 Å². The summed E-state index contributed by atoms with van der Waals surface area (Å²) >= 11 is 11.5. The Kier molecular flexibility index (Phi) is 4.46. The van der Waals surface area contributed by atoms with E-state index in [4.69, 9.17) is 33.0 Å². The van der Waals surface area contributed by atoms with Crippen LogP contribution >= 0.6 is 23.2 Å². The summed E-state index contributed by atoms with van der Waals surface area (Å²) in [4.78, 5) is 10.1. The van der Waals surface area contributed by atoms with Crippen LogP contribution < -0.4 is 4.74 Å². The van der Waals surface area contributed by atoms with E-state index in [0.717, 1.165) is 6.08 Å². The number of aliphatic carboxylic acids is 1. The van der Waals surface area contributed by atoms with Gasteiger partial charge in [-0.2, -0.15) is 0 Å². The summed E-state index contributed by atoms with van der Waals surface area (Å²) in [5, 5.41) is 9.26. The Balaban J connectivity index is 2.57. The van der Waals surface area contributed by atoms with Crippen molar-refractivity contribution in [3.8, 4) is 5.75 Å². The highest BCUT2D eigenvalue weighted by molar-refractivity contribution is 6.34. The molecule has 1 aromatic rings. The molecule has 0 saturated carbocycles. The van der Waals surface area contributed by atoms with Crippen molar-refractivity contribution in [2.24, 2.45) is 0 Å². The van der Waals surface area contributed by atoms with Gasteiger partial charge in [0.25, 0.3) is 0 Å². The van der Waals surface area contributed by atoms with Gasteiger partial charge in [0.2, 0.25) is 0 Å². The van der Waals surface area contributed by atoms with Crippen LogP contribution in [0.25, 0.3) is 0 Å². The summed E-state index contributed by atoms with van der Waals surface area (Å²) in [5.41, 5.74) is 0. The Bertz CT molecular complexity index is 388. The van der Waals surface area contributed by atoms with Gasteiger partial charge in [0.15, 0.2) is 0 Å². The Hall–Kier alpha value is -1.19. The van der Waals surface area contributed by atoms with Crippen LogP contribution in [0.2, 0.25) is 10.0 Å². The van der Waals surface area contributed by atoms with Gasteiger partial charge < -0.3 is 9.84 Å². The van der Waals surface area contributed by atoms with Crippen LogP contribution in [-0.4, -0.2) is 17.7 Å². The molecule has 0 radical (unpaired) electrons. The predicted molar refractivity (Wildman–Crippen MR) is 58.7 cm³/mol. The third-order valence-electron chi connectivity index (χ3n) is 1.49. The van der Waals surface area contributed by atoms with Crippen molar-refractivity contribution in [1.82, 2.24) is 0 Å². The van der Waals surface area contributed by atoms with Crippen molar-refractivity contribution >= 4 is 29.2 Å². The van der Waals surface area contributed by atoms with Gasteiger partial charge in [0.05, 0.1) is 5.02 Å². The van der Waals surface area contributed by atoms with Crippen LogP contribution in [0.4, 0.5) is 0 Å². The minimum Gasteiger partial charge on any atom is -0.488 e. The normalized spacial score (nSPS) is 10.5. The van der Waals surface area contributed by atoms with Gasteiger partial charge in [-0.3, -0.25) is 0 Å². The molecule has 80 valence electrons. The zero-order valence-electron chi connectivity index (χ0n) is 7.61. The quantitative estimate of drug-likeness (QED) is 0.832. The number of hydrogen-bond donors (Lipinski definition) is 1. The molecule has 1 aromatic carbocycles. The minimum atomic E-state index is -1.02. The van der Waals surface area contributed by atoms with Gasteiger partial charge in [-0.25, -0.2) is 4.79 Å². The van der Waals surface area contributed by atoms with Gasteiger partial charge in [-0.15, -0.1) is 0 Å². The summed E-state index contributed by atoms with van der Waals surface area (Å²) in [7, 11) is 0. The van der Waals surface area contributed by atoms with E-state index in [1.165, 1.54) is 6.08 Å². The largest absolute Gasteiger partial charge is 0.488 e. The summed E-state index contributed by atoms with van der Waals surface area (Å²) < 4.78 is 5.20. The third-order valence-corrected chi connectivity index (χ3v) is 2.04. The molecule has 3 nitrogen and oxygen atoms in total. The molecular weight excluding hydrogens is 239 g/mol. The Morgan fingerprint density at radius 1 is 1.47 bits per heavy atom. The highest BCUT2D eigenvalue weighted by Crippen LogP contribution is 2.27. The molecule has 1 N–H and O–H groups in total. The fourth-order valence-corrected chi connectivity index (χ4v) is 1.21. The number of hydrogen-bond acceptors (Lipinski definition) is 2. The molecule has 0 aliphatic rings. The maximum Gasteiger partial charge on any atom is 0.328 e. The topological polar surface area (TPSA) is 46.5 Å². The van der Waals surface area contributed by atoms with Crippen molar-refractivity contribution in [3.05, 3.63) is 40.4 Å². The maximum atomic E-state index is 10.1. The lowest BCUT2D eigenvalue weighted by Crippen LogP contribution is -1.96. The molecule has 0 bridgehead atoms. The number of carboxylic acid groups (broad SMARTS) is 1. The molecule has 15 heavy (non-hydrogen) atoms. The first-order valence-corrected chi connectivity index (χ1v) is 4.82. The van der Waals surface area contributed by atoms with Crippen LogP contribution in [0.5, 0.6) is 5.75 Å². The molecule has 0 aliphatic carbocycles. The van der Waals surface area contributed by atoms with E-state index in [2.05, 4.69) is 0 Å². The van der Waals surface area contributed by atoms with Gasteiger partial charge in [-0.1, -0.05) is 23.2 Å². The second-order valence-electron chi connectivity index (χ2n) is 2.63. The first-order chi connectivity index (χ1) is 7.09. The number of carbonyl (C=O) groups is 1. The van der Waals surface area contributed by atoms with E-state index >= 15 is 0 Å². The molecular formula is C10H8Cl2O3. The number of halogens is 2. The van der Waals surface area contributed by atoms with Gasteiger partial charge >= 0.3 is 5.97 Å². The fourth-order valence-electron chi connectivity index (χ4n) is 0.875. The smallest absolute Gasteiger partial charge is 0.328 e. The first-order valence-electron chi connectivity index (χ1n) is 4.07. The lowest BCUT2D eigenvalue weighted by atomic mass is 10.3. The molecule has 0 fully saturated rings. The van der Waals surface area contributed by atoms with E-state index in [1.807, 2.05) is 0 Å². The second-order valence-corrected chi connectivity index (χ2v) is 3.47. The summed E-state index contributed by atoms with van der Waals surface area (Å²) in [6.45, 7) is 0.131. The summed E-state index contributed by atoms with van der Waals surface area (Å²) in [6, 6.07) is 4.82. The van der Waals surface area contributed by atoms with E-state index in [1.54, 1.807) is 18.2 Å². The third kappa shape index (κ3) is 4.23. The van der Waals surface area contributed by atoms with E-state index in [9.17, 15) is 4.79 Å². The van der Waals surface area contributed by atoms with Gasteiger partial charge in [0, 0.05) is 17.2 Å². The average molecular weight is 247 g/mol. The van der Waals surface area contributed by atoms with Crippen molar-refractivity contribution in [3.63, 3.8) is 0 Å². The van der Waals surface area contributed by atoms with Gasteiger partial charge in [0.1, 0.15) is 12.4 Å². The van der Waals surface area contributed by atoms with Gasteiger partial charge in [-0.05, 0) is 18.2 Å². The Morgan fingerprint density at radius 2 is 2.20 bits per heavy atom. The molecule has 0 aromatic heterocycles. The van der Waals surface area contributed by atoms with Crippen molar-refractivity contribution in [2.75, 3.05) is 6.61 Å². The molecule has 0 amide bonds. The number of rotatable bonds is 4. The van der Waals surface area contributed by atoms with Crippen LogP contribution in [-0.2, 0) is 4.79 Å². The second kappa shape index (κ2) is 5.63. The van der Waals surface area contributed by atoms with E-state index in [-0.39, 0.29) is 6.61 Å². The standard InChI is InChI=1S/C10H8Cl2O3/c11-7-3-4-8(12)9(6-7)15-5-1-2-10(13)14/h1-4,6H,5H2,(H,13,14). The minimum absolute atomic E-state index is 0.131. The molecule has 0 heterocycles. The van der Waals surface area contributed by atoms with Crippen molar-refractivity contribution < 1.29 is 14.6 Å². The van der Waals surface area contributed by atoms with Crippen molar-refractivity contribution in [2.45, 2.75) is 0 Å². The molecule has 0 unspecified atom stereocenters. The maximum absolute atomic E-state index is 10.1. The Labute approximate surface area is 96.9 Å². The molecule has 0 saturated heterocycles. The monoisotopic (exact) mass is 246 g/mol. The molecule has 0 spiro atoms. The van der Waals surface area contributed by atoms with Crippen LogP contribution in [0, 0.1) is 0 Å². The number of carboxylic acids is 1. The summed E-state index contributed by atoms with van der Waals surface area (Å²) in [6.07, 6.45) is 2.37. The lowest BCUT2D eigenvalue weighted by molar-refractivity contribution is -0.131. The average Bonchev–Trinajstić information content (AvgIpc) is 2.17. The molecule has 5 heteroatoms. The molecule has 0 atom stereocenters. The van der Waals surface area contributed by atoms with Crippen LogP contribution in [0.1, 0.15) is 0 Å². The number of benzene rings is 1. The SMILES string of the molecule is O=C(O)C=CCOc1cc(Cl)ccc1Cl. The van der Waals surface area contributed by atoms with E-state index in [0.29, 0.717) is 15.8 Å². The molecule has 0 aliphatic heterocycles. The zero-order chi connectivity index (χ0) is 11.3. The highest BCUT2D eigenvalue weighted by Gasteiger charge is 2.00. The fraction of sp³-hybridized carbons (Fsp3) is 0.100. The lowest BCUT2D eigenvalue weighted by Gasteiger charge is -2.05. The van der Waals surface area contributed by atoms with Crippen LogP contribution in [0.3, 0.4) is 0 Å². The highest BCUT2D eigenvalue weighted by atomic mass is 35.5. The predicted octanol–water partition coefficient (Wildman–Crippen LogP) is 3.01. The number of ether oxygens (including phenoxy) is 1. The Morgan fingerprint density at radius 3 is 2.87 bits per heavy atom. The van der Waals surface area contributed by atoms with E-state index < -0.39 is 5.97 Å². The molecule has 1 rings (SSSR count). The van der Waals surface area contributed by atoms with Crippen molar-refractivity contribution in [1.29, 1.82) is 0 Å². The zero-order valence-corrected chi connectivity index (χ0v) is 9.13.